The molecule has 0 saturated heterocycles. The largest absolute Gasteiger partial charge is 0.478 e. The summed E-state index contributed by atoms with van der Waals surface area (Å²) in [6.07, 6.45) is 5.04. The Morgan fingerprint density at radius 2 is 2.11 bits per heavy atom. The van der Waals surface area contributed by atoms with Crippen molar-refractivity contribution in [3.63, 3.8) is 0 Å². The van der Waals surface area contributed by atoms with E-state index in [1.165, 1.54) is 0 Å². The van der Waals surface area contributed by atoms with Gasteiger partial charge in [-0.25, -0.2) is 15.0 Å². The van der Waals surface area contributed by atoms with Gasteiger partial charge in [-0.05, 0) is 19.1 Å². The number of hydrogen-bond donors (Lipinski definition) is 1. The van der Waals surface area contributed by atoms with Crippen molar-refractivity contribution in [2.75, 3.05) is 12.3 Å². The van der Waals surface area contributed by atoms with Gasteiger partial charge in [-0.3, -0.25) is 4.57 Å². The summed E-state index contributed by atoms with van der Waals surface area (Å²) in [7, 11) is 0. The van der Waals surface area contributed by atoms with Crippen molar-refractivity contribution in [2.24, 2.45) is 0 Å². The lowest BCUT2D eigenvalue weighted by molar-refractivity contribution is 0.327. The Bertz CT molecular complexity index is 705. The van der Waals surface area contributed by atoms with Crippen molar-refractivity contribution >= 4 is 16.9 Å². The minimum absolute atomic E-state index is 0.598. The van der Waals surface area contributed by atoms with Crippen LogP contribution in [0.3, 0.4) is 0 Å². The highest BCUT2D eigenvalue weighted by atomic mass is 16.5. The number of fused-ring (bicyclic) bond motifs is 1. The van der Waals surface area contributed by atoms with E-state index in [0.29, 0.717) is 18.2 Å². The first-order chi connectivity index (χ1) is 9.28. The molecule has 6 heteroatoms. The molecule has 0 bridgehead atoms. The average molecular weight is 255 g/mol. The minimum Gasteiger partial charge on any atom is -0.478 e. The molecule has 0 aliphatic heterocycles. The fourth-order valence-corrected chi connectivity index (χ4v) is 1.85. The van der Waals surface area contributed by atoms with Crippen LogP contribution in [0.5, 0.6) is 5.88 Å². The fourth-order valence-electron chi connectivity index (χ4n) is 1.85. The highest BCUT2D eigenvalue weighted by molar-refractivity contribution is 5.75. The molecule has 0 fully saturated rings. The van der Waals surface area contributed by atoms with Crippen molar-refractivity contribution in [2.45, 2.75) is 6.92 Å². The van der Waals surface area contributed by atoms with Gasteiger partial charge >= 0.3 is 0 Å². The van der Waals surface area contributed by atoms with E-state index < -0.39 is 0 Å². The van der Waals surface area contributed by atoms with Crippen molar-refractivity contribution in [1.29, 1.82) is 0 Å². The van der Waals surface area contributed by atoms with Gasteiger partial charge in [0.1, 0.15) is 11.8 Å². The lowest BCUT2D eigenvalue weighted by Gasteiger charge is -2.05. The van der Waals surface area contributed by atoms with Gasteiger partial charge in [0.15, 0.2) is 5.65 Å². The molecule has 0 unspecified atom stereocenters. The second kappa shape index (κ2) is 4.56. The van der Waals surface area contributed by atoms with Gasteiger partial charge in [0, 0.05) is 6.07 Å². The smallest absolute Gasteiger partial charge is 0.213 e. The van der Waals surface area contributed by atoms with E-state index in [0.717, 1.165) is 16.9 Å². The molecule has 0 spiro atoms. The van der Waals surface area contributed by atoms with Crippen LogP contribution in [0.2, 0.25) is 0 Å². The quantitative estimate of drug-likeness (QED) is 0.772. The summed E-state index contributed by atoms with van der Waals surface area (Å²) in [6.45, 7) is 2.52. The number of hydrogen-bond acceptors (Lipinski definition) is 5. The van der Waals surface area contributed by atoms with E-state index in [4.69, 9.17) is 10.5 Å². The molecular formula is C13H13N5O. The number of anilines is 1. The molecule has 0 aromatic carbocycles. The van der Waals surface area contributed by atoms with Crippen LogP contribution in [0, 0.1) is 0 Å². The minimum atomic E-state index is 0.598. The molecule has 0 saturated carbocycles. The van der Waals surface area contributed by atoms with E-state index in [-0.39, 0.29) is 0 Å². The molecule has 3 aromatic rings. The molecule has 0 aliphatic rings. The third-order valence-electron chi connectivity index (χ3n) is 2.70. The summed E-state index contributed by atoms with van der Waals surface area (Å²) in [5.74, 6) is 0.605. The number of rotatable bonds is 3. The number of pyridine rings is 2. The number of ether oxygens (including phenoxy) is 1. The van der Waals surface area contributed by atoms with Crippen LogP contribution in [0.4, 0.5) is 5.69 Å². The van der Waals surface area contributed by atoms with Gasteiger partial charge in [-0.2, -0.15) is 0 Å². The molecule has 3 aromatic heterocycles. The number of nitrogens with zero attached hydrogens (tertiary/aromatic N) is 4. The molecule has 0 radical (unpaired) electrons. The summed E-state index contributed by atoms with van der Waals surface area (Å²) >= 11 is 0. The zero-order chi connectivity index (χ0) is 13.2. The molecule has 0 atom stereocenters. The van der Waals surface area contributed by atoms with Gasteiger partial charge in [0.2, 0.25) is 5.88 Å². The van der Waals surface area contributed by atoms with Gasteiger partial charge in [-0.1, -0.05) is 0 Å². The van der Waals surface area contributed by atoms with Crippen LogP contribution in [-0.4, -0.2) is 26.1 Å². The Morgan fingerprint density at radius 3 is 2.84 bits per heavy atom. The fraction of sp³-hybridized carbons (Fsp3) is 0.154. The second-order valence-corrected chi connectivity index (χ2v) is 4.01. The van der Waals surface area contributed by atoms with E-state index in [2.05, 4.69) is 15.0 Å². The molecule has 6 nitrogen and oxygen atoms in total. The summed E-state index contributed by atoms with van der Waals surface area (Å²) in [5.41, 5.74) is 8.67. The van der Waals surface area contributed by atoms with Crippen LogP contribution in [0.25, 0.3) is 16.9 Å². The molecule has 0 aliphatic carbocycles. The van der Waals surface area contributed by atoms with Gasteiger partial charge in [0.25, 0.3) is 0 Å². The van der Waals surface area contributed by atoms with Crippen LogP contribution in [0.15, 0.2) is 36.9 Å². The summed E-state index contributed by atoms with van der Waals surface area (Å²) in [4.78, 5) is 12.8. The molecule has 19 heavy (non-hydrogen) atoms. The predicted molar refractivity (Wildman–Crippen MR) is 72.2 cm³/mol. The molecular weight excluding hydrogens is 242 g/mol. The van der Waals surface area contributed by atoms with Crippen molar-refractivity contribution in [3.05, 3.63) is 36.9 Å². The third kappa shape index (κ3) is 2.08. The lowest BCUT2D eigenvalue weighted by Crippen LogP contribution is -1.98. The zero-order valence-electron chi connectivity index (χ0n) is 10.4. The Balaban J connectivity index is 2.04. The topological polar surface area (TPSA) is 78.9 Å². The first-order valence-corrected chi connectivity index (χ1v) is 5.95. The van der Waals surface area contributed by atoms with E-state index in [9.17, 15) is 0 Å². The number of nitrogen functional groups attached to an aromatic ring is 1. The van der Waals surface area contributed by atoms with Gasteiger partial charge in [-0.15, -0.1) is 0 Å². The highest BCUT2D eigenvalue weighted by Crippen LogP contribution is 2.18. The van der Waals surface area contributed by atoms with E-state index >= 15 is 0 Å². The second-order valence-electron chi connectivity index (χ2n) is 4.01. The number of imidazole rings is 1. The van der Waals surface area contributed by atoms with Crippen molar-refractivity contribution in [1.82, 2.24) is 19.5 Å². The molecule has 3 heterocycles. The Hall–Kier alpha value is -2.63. The van der Waals surface area contributed by atoms with Crippen LogP contribution in [-0.2, 0) is 0 Å². The van der Waals surface area contributed by atoms with Crippen LogP contribution < -0.4 is 10.5 Å². The lowest BCUT2D eigenvalue weighted by atomic mass is 10.3. The zero-order valence-corrected chi connectivity index (χ0v) is 10.4. The molecule has 0 amide bonds. The van der Waals surface area contributed by atoms with Crippen molar-refractivity contribution < 1.29 is 4.74 Å². The molecule has 2 N–H and O–H groups in total. The SMILES string of the molecule is CCOc1ccc(-n2cnc3cc(N)cnc32)cn1. The Kier molecular flexibility index (Phi) is 2.75. The summed E-state index contributed by atoms with van der Waals surface area (Å²) in [5, 5.41) is 0. The Morgan fingerprint density at radius 1 is 1.21 bits per heavy atom. The van der Waals surface area contributed by atoms with Crippen LogP contribution >= 0.6 is 0 Å². The predicted octanol–water partition coefficient (Wildman–Crippen LogP) is 1.80. The molecule has 3 rings (SSSR count). The van der Waals surface area contributed by atoms with Gasteiger partial charge < -0.3 is 10.5 Å². The molecule has 96 valence electrons. The third-order valence-corrected chi connectivity index (χ3v) is 2.70. The average Bonchev–Trinajstić information content (AvgIpc) is 2.83. The van der Waals surface area contributed by atoms with Crippen LogP contribution in [0.1, 0.15) is 6.92 Å². The summed E-state index contributed by atoms with van der Waals surface area (Å²) < 4.78 is 7.17. The Labute approximate surface area is 109 Å². The van der Waals surface area contributed by atoms with Gasteiger partial charge in [0.05, 0.1) is 30.4 Å². The standard InChI is InChI=1S/C13H13N5O/c1-2-19-12-4-3-10(7-15-12)18-8-17-11-5-9(14)6-16-13(11)18/h3-8H,2,14H2,1H3. The number of aromatic nitrogens is 4. The van der Waals surface area contributed by atoms with E-state index in [1.807, 2.05) is 23.6 Å². The van der Waals surface area contributed by atoms with Crippen molar-refractivity contribution in [3.8, 4) is 11.6 Å². The van der Waals surface area contributed by atoms with E-state index in [1.54, 1.807) is 24.8 Å². The number of nitrogens with two attached hydrogens (primary N) is 1. The first-order valence-electron chi connectivity index (χ1n) is 5.95. The maximum atomic E-state index is 5.68. The monoisotopic (exact) mass is 255 g/mol. The summed E-state index contributed by atoms with van der Waals surface area (Å²) in [6, 6.07) is 5.53. The normalized spacial score (nSPS) is 10.8. The maximum absolute atomic E-state index is 5.68. The first kappa shape index (κ1) is 11.5. The highest BCUT2D eigenvalue weighted by Gasteiger charge is 2.06. The maximum Gasteiger partial charge on any atom is 0.213 e.